The van der Waals surface area contributed by atoms with Gasteiger partial charge >= 0.3 is 0 Å². The Hall–Kier alpha value is -2.63. The maximum absolute atomic E-state index is 14.9. The lowest BCUT2D eigenvalue weighted by molar-refractivity contribution is 0.464. The summed E-state index contributed by atoms with van der Waals surface area (Å²) < 4.78 is 30.9. The zero-order valence-electron chi connectivity index (χ0n) is 20.9. The van der Waals surface area contributed by atoms with Gasteiger partial charge in [-0.2, -0.15) is 9.49 Å². The number of hydrogen-bond acceptors (Lipinski definition) is 3. The predicted molar refractivity (Wildman–Crippen MR) is 126 cm³/mol. The van der Waals surface area contributed by atoms with E-state index in [2.05, 4.69) is 46.6 Å². The van der Waals surface area contributed by atoms with Crippen LogP contribution in [0.3, 0.4) is 0 Å². The van der Waals surface area contributed by atoms with E-state index in [0.29, 0.717) is 28.2 Å². The summed E-state index contributed by atoms with van der Waals surface area (Å²) in [6.45, 7) is 18.3. The molecule has 0 aliphatic rings. The molecule has 0 radical (unpaired) electrons. The highest BCUT2D eigenvalue weighted by atomic mass is 19.1. The van der Waals surface area contributed by atoms with Gasteiger partial charge in [-0.25, -0.2) is 19.0 Å². The van der Waals surface area contributed by atoms with Crippen molar-refractivity contribution >= 4 is 0 Å². The largest absolute Gasteiger partial charge is 0.242 e. The monoisotopic (exact) mass is 440 g/mol. The molecule has 172 valence electrons. The van der Waals surface area contributed by atoms with E-state index in [-0.39, 0.29) is 10.8 Å². The fourth-order valence-corrected chi connectivity index (χ4v) is 3.57. The topological polar surface area (TPSA) is 43.6 Å². The van der Waals surface area contributed by atoms with Crippen molar-refractivity contribution in [3.05, 3.63) is 53.0 Å². The fourth-order valence-electron chi connectivity index (χ4n) is 3.57. The third-order valence-corrected chi connectivity index (χ3v) is 5.42. The molecule has 2 aromatic heterocycles. The number of nitrogens with zero attached hydrogens (tertiary/aromatic N) is 4. The number of halogens is 2. The van der Waals surface area contributed by atoms with E-state index in [0.717, 1.165) is 11.4 Å². The summed E-state index contributed by atoms with van der Waals surface area (Å²) in [5, 5.41) is 4.37. The number of aromatic nitrogens is 4. The fraction of sp³-hybridized carbons (Fsp3) is 0.500. The third kappa shape index (κ3) is 4.74. The Kier molecular flexibility index (Phi) is 5.82. The second kappa shape index (κ2) is 7.75. The first kappa shape index (κ1) is 24.0. The number of hydrogen-bond donors (Lipinski definition) is 0. The average Bonchev–Trinajstić information content (AvgIpc) is 2.94. The Balaban J connectivity index is 2.27. The molecule has 0 bridgehead atoms. The molecule has 0 aliphatic carbocycles. The van der Waals surface area contributed by atoms with Crippen molar-refractivity contribution < 1.29 is 8.78 Å². The molecule has 0 fully saturated rings. The van der Waals surface area contributed by atoms with Crippen LogP contribution in [0.25, 0.3) is 22.6 Å². The van der Waals surface area contributed by atoms with Gasteiger partial charge in [0.05, 0.1) is 17.1 Å². The van der Waals surface area contributed by atoms with Crippen LogP contribution < -0.4 is 0 Å². The van der Waals surface area contributed by atoms with Crippen molar-refractivity contribution in [2.45, 2.75) is 78.6 Å². The highest BCUT2D eigenvalue weighted by Gasteiger charge is 2.29. The van der Waals surface area contributed by atoms with E-state index >= 15 is 0 Å². The van der Waals surface area contributed by atoms with Crippen LogP contribution in [-0.4, -0.2) is 19.7 Å². The van der Waals surface area contributed by atoms with E-state index in [4.69, 9.17) is 9.97 Å². The van der Waals surface area contributed by atoms with Gasteiger partial charge in [-0.1, -0.05) is 62.3 Å². The zero-order valence-corrected chi connectivity index (χ0v) is 20.9. The van der Waals surface area contributed by atoms with Gasteiger partial charge in [0.15, 0.2) is 5.82 Å². The number of aryl methyl sites for hydroxylation is 1. The molecule has 32 heavy (non-hydrogen) atoms. The Morgan fingerprint density at radius 2 is 1.19 bits per heavy atom. The molecule has 3 rings (SSSR count). The second-order valence-corrected chi connectivity index (χ2v) is 11.6. The highest BCUT2D eigenvalue weighted by Crippen LogP contribution is 2.36. The average molecular weight is 441 g/mol. The minimum Gasteiger partial charge on any atom is -0.242 e. The van der Waals surface area contributed by atoms with Gasteiger partial charge in [-0.05, 0) is 29.7 Å². The lowest BCUT2D eigenvalue weighted by atomic mass is 9.85. The third-order valence-electron chi connectivity index (χ3n) is 5.42. The Morgan fingerprint density at radius 1 is 0.688 bits per heavy atom. The van der Waals surface area contributed by atoms with Gasteiger partial charge in [0.25, 0.3) is 0 Å². The normalized spacial score (nSPS) is 13.0. The summed E-state index contributed by atoms with van der Waals surface area (Å²) in [5.41, 5.74) is 2.82. The molecule has 2 heterocycles. The van der Waals surface area contributed by atoms with Crippen molar-refractivity contribution in [3.8, 4) is 22.6 Å². The van der Waals surface area contributed by atoms with Gasteiger partial charge in [0, 0.05) is 34.6 Å². The van der Waals surface area contributed by atoms with Crippen LogP contribution in [0.1, 0.15) is 79.3 Å². The Labute approximate surface area is 190 Å². The molecular weight excluding hydrogens is 406 g/mol. The summed E-state index contributed by atoms with van der Waals surface area (Å²) in [7, 11) is 1.56. The van der Waals surface area contributed by atoms with E-state index in [1.807, 2.05) is 26.8 Å². The molecule has 0 saturated carbocycles. The Bertz CT molecular complexity index is 1120. The number of rotatable bonds is 2. The van der Waals surface area contributed by atoms with Crippen LogP contribution in [0.2, 0.25) is 0 Å². The standard InChI is InChI=1S/C26H34F2N4/c1-24(2,3)18-14-19(25(4,5)6)30-23(29-18)16-11-15(12-17(27)13-16)21-20(26(7,8)9)22(28)32(10)31-21/h11-14H,1-10H3. The maximum Gasteiger partial charge on any atom is 0.215 e. The van der Waals surface area contributed by atoms with E-state index in [9.17, 15) is 8.78 Å². The molecule has 0 unspecified atom stereocenters. The first-order valence-corrected chi connectivity index (χ1v) is 10.9. The second-order valence-electron chi connectivity index (χ2n) is 11.6. The van der Waals surface area contributed by atoms with Crippen molar-refractivity contribution in [2.24, 2.45) is 7.05 Å². The van der Waals surface area contributed by atoms with Crippen molar-refractivity contribution in [1.29, 1.82) is 0 Å². The van der Waals surface area contributed by atoms with Crippen molar-refractivity contribution in [3.63, 3.8) is 0 Å². The zero-order chi connectivity index (χ0) is 24.2. The van der Waals surface area contributed by atoms with E-state index < -0.39 is 17.2 Å². The molecule has 6 heteroatoms. The van der Waals surface area contributed by atoms with Crippen LogP contribution in [0.5, 0.6) is 0 Å². The molecule has 1 aromatic carbocycles. The molecule has 0 N–H and O–H groups in total. The summed E-state index contributed by atoms with van der Waals surface area (Å²) in [6.07, 6.45) is 0. The van der Waals surface area contributed by atoms with Gasteiger partial charge in [-0.15, -0.1) is 0 Å². The van der Waals surface area contributed by atoms with Crippen LogP contribution >= 0.6 is 0 Å². The van der Waals surface area contributed by atoms with Crippen LogP contribution in [0.15, 0.2) is 24.3 Å². The number of benzene rings is 1. The van der Waals surface area contributed by atoms with Crippen LogP contribution in [0, 0.1) is 11.8 Å². The van der Waals surface area contributed by atoms with Gasteiger partial charge in [0.2, 0.25) is 5.95 Å². The first-order valence-electron chi connectivity index (χ1n) is 10.9. The quantitative estimate of drug-likeness (QED) is 0.444. The van der Waals surface area contributed by atoms with Gasteiger partial charge in [0.1, 0.15) is 5.82 Å². The summed E-state index contributed by atoms with van der Waals surface area (Å²) in [4.78, 5) is 9.56. The van der Waals surface area contributed by atoms with Crippen LogP contribution in [0.4, 0.5) is 8.78 Å². The van der Waals surface area contributed by atoms with Crippen molar-refractivity contribution in [1.82, 2.24) is 19.7 Å². The summed E-state index contributed by atoms with van der Waals surface area (Å²) in [6, 6.07) is 6.64. The summed E-state index contributed by atoms with van der Waals surface area (Å²) >= 11 is 0. The SMILES string of the molecule is Cn1nc(-c2cc(F)cc(-c3nc(C(C)(C)C)cc(C(C)(C)C)n3)c2)c(C(C)(C)C)c1F. The molecular formula is C26H34F2N4. The molecule has 4 nitrogen and oxygen atoms in total. The minimum absolute atomic E-state index is 0.197. The molecule has 0 atom stereocenters. The first-order chi connectivity index (χ1) is 14.5. The van der Waals surface area contributed by atoms with Crippen LogP contribution in [-0.2, 0) is 23.3 Å². The van der Waals surface area contributed by atoms with E-state index in [1.165, 1.54) is 16.8 Å². The van der Waals surface area contributed by atoms with Crippen molar-refractivity contribution in [2.75, 3.05) is 0 Å². The highest BCUT2D eigenvalue weighted by molar-refractivity contribution is 5.71. The maximum atomic E-state index is 14.9. The predicted octanol–water partition coefficient (Wildman–Crippen LogP) is 6.71. The molecule has 0 aliphatic heterocycles. The molecule has 3 aromatic rings. The lowest BCUT2D eigenvalue weighted by Gasteiger charge is -2.24. The molecule has 0 amide bonds. The van der Waals surface area contributed by atoms with E-state index in [1.54, 1.807) is 13.1 Å². The molecule has 0 spiro atoms. The smallest absolute Gasteiger partial charge is 0.215 e. The summed E-state index contributed by atoms with van der Waals surface area (Å²) in [5.74, 6) is -0.401. The van der Waals surface area contributed by atoms with Gasteiger partial charge in [-0.3, -0.25) is 0 Å². The van der Waals surface area contributed by atoms with Gasteiger partial charge < -0.3 is 0 Å². The Morgan fingerprint density at radius 3 is 1.66 bits per heavy atom. The lowest BCUT2D eigenvalue weighted by Crippen LogP contribution is -2.20. The minimum atomic E-state index is -0.498. The molecule has 0 saturated heterocycles.